The Bertz CT molecular complexity index is 980. The van der Waals surface area contributed by atoms with Crippen molar-refractivity contribution in [2.75, 3.05) is 11.1 Å². The Morgan fingerprint density at radius 3 is 2.74 bits per heavy atom. The molecule has 1 amide bonds. The lowest BCUT2D eigenvalue weighted by atomic mass is 10.1. The molecule has 27 heavy (non-hydrogen) atoms. The lowest BCUT2D eigenvalue weighted by Gasteiger charge is -2.13. The van der Waals surface area contributed by atoms with Crippen LogP contribution in [-0.4, -0.2) is 21.6 Å². The Hall–Kier alpha value is -2.42. The van der Waals surface area contributed by atoms with Crippen LogP contribution >= 0.6 is 34.4 Å². The Kier molecular flexibility index (Phi) is 5.79. The van der Waals surface area contributed by atoms with Gasteiger partial charge in [-0.15, -0.1) is 22.7 Å². The quantitative estimate of drug-likeness (QED) is 0.588. The monoisotopic (exact) mass is 426 g/mol. The molecule has 0 saturated carbocycles. The second kappa shape index (κ2) is 8.08. The zero-order valence-corrected chi connectivity index (χ0v) is 15.7. The third-order valence-corrected chi connectivity index (χ3v) is 5.75. The molecule has 3 rings (SSSR count). The average Bonchev–Trinajstić information content (AvgIpc) is 3.32. The van der Waals surface area contributed by atoms with Gasteiger partial charge in [0, 0.05) is 11.6 Å². The van der Waals surface area contributed by atoms with Crippen LogP contribution in [0.5, 0.6) is 0 Å². The summed E-state index contributed by atoms with van der Waals surface area (Å²) in [6.07, 6.45) is -3.19. The van der Waals surface area contributed by atoms with E-state index in [0.29, 0.717) is 10.0 Å². The standard InChI is InChI=1S/C16H9F3N4OS3/c17-16(18,19)10-6-11(12-2-1-4-25-12)22-14(9(10)7-20)27-8-13(24)23-15-21-3-5-26-15/h1-6H,8H2,(H,21,23,24). The number of carbonyl (C=O) groups excluding carboxylic acids is 1. The minimum absolute atomic E-state index is 0.110. The molecular formula is C16H9F3N4OS3. The van der Waals surface area contributed by atoms with Crippen molar-refractivity contribution in [1.29, 1.82) is 5.26 Å². The molecule has 0 fully saturated rings. The van der Waals surface area contributed by atoms with Gasteiger partial charge >= 0.3 is 6.18 Å². The third-order valence-electron chi connectivity index (χ3n) is 3.20. The van der Waals surface area contributed by atoms with Gasteiger partial charge in [0.2, 0.25) is 5.91 Å². The summed E-state index contributed by atoms with van der Waals surface area (Å²) in [7, 11) is 0. The highest BCUT2D eigenvalue weighted by Crippen LogP contribution is 2.38. The van der Waals surface area contributed by atoms with Gasteiger partial charge in [-0.05, 0) is 17.5 Å². The summed E-state index contributed by atoms with van der Waals surface area (Å²) in [5, 5.41) is 15.4. The van der Waals surface area contributed by atoms with Gasteiger partial charge in [0.25, 0.3) is 0 Å². The first kappa shape index (κ1) is 19.3. The van der Waals surface area contributed by atoms with Crippen molar-refractivity contribution >= 4 is 45.5 Å². The third kappa shape index (κ3) is 4.65. The smallest absolute Gasteiger partial charge is 0.301 e. The van der Waals surface area contributed by atoms with Crippen LogP contribution < -0.4 is 5.32 Å². The zero-order valence-electron chi connectivity index (χ0n) is 13.3. The van der Waals surface area contributed by atoms with Crippen LogP contribution in [0.2, 0.25) is 0 Å². The van der Waals surface area contributed by atoms with E-state index in [1.54, 1.807) is 29.0 Å². The number of rotatable bonds is 5. The summed E-state index contributed by atoms with van der Waals surface area (Å²) in [6.45, 7) is 0. The molecule has 0 bridgehead atoms. The van der Waals surface area contributed by atoms with Crippen LogP contribution in [0.25, 0.3) is 10.6 Å². The molecule has 5 nitrogen and oxygen atoms in total. The van der Waals surface area contributed by atoms with E-state index < -0.39 is 23.2 Å². The summed E-state index contributed by atoms with van der Waals surface area (Å²) in [6, 6.07) is 5.77. The molecule has 0 aliphatic rings. The first-order chi connectivity index (χ1) is 12.9. The van der Waals surface area contributed by atoms with Crippen molar-refractivity contribution in [3.63, 3.8) is 0 Å². The second-order valence-corrected chi connectivity index (χ2v) is 7.80. The van der Waals surface area contributed by atoms with E-state index in [1.165, 1.54) is 28.9 Å². The van der Waals surface area contributed by atoms with Crippen LogP contribution in [0.15, 0.2) is 40.2 Å². The van der Waals surface area contributed by atoms with Gasteiger partial charge in [0.15, 0.2) is 5.13 Å². The number of hydrogen-bond acceptors (Lipinski definition) is 7. The minimum Gasteiger partial charge on any atom is -0.301 e. The van der Waals surface area contributed by atoms with Gasteiger partial charge in [-0.2, -0.15) is 18.4 Å². The summed E-state index contributed by atoms with van der Waals surface area (Å²) < 4.78 is 40.3. The van der Waals surface area contributed by atoms with Gasteiger partial charge in [-0.25, -0.2) is 9.97 Å². The van der Waals surface area contributed by atoms with Crippen LogP contribution in [-0.2, 0) is 11.0 Å². The number of thioether (sulfide) groups is 1. The molecule has 0 atom stereocenters. The van der Waals surface area contributed by atoms with E-state index in [-0.39, 0.29) is 16.5 Å². The molecule has 0 radical (unpaired) electrons. The number of pyridine rings is 1. The number of thiazole rings is 1. The lowest BCUT2D eigenvalue weighted by Crippen LogP contribution is -2.15. The maximum Gasteiger partial charge on any atom is 0.417 e. The number of nitrogens with one attached hydrogen (secondary N) is 1. The molecule has 0 aliphatic carbocycles. The van der Waals surface area contributed by atoms with Gasteiger partial charge in [0.1, 0.15) is 11.1 Å². The topological polar surface area (TPSA) is 78.7 Å². The van der Waals surface area contributed by atoms with Gasteiger partial charge < -0.3 is 5.32 Å². The van der Waals surface area contributed by atoms with E-state index in [1.807, 2.05) is 0 Å². The number of aromatic nitrogens is 2. The van der Waals surface area contributed by atoms with Crippen LogP contribution in [0.4, 0.5) is 18.3 Å². The van der Waals surface area contributed by atoms with Gasteiger partial charge in [0.05, 0.1) is 27.5 Å². The molecule has 0 unspecified atom stereocenters. The maximum absolute atomic E-state index is 13.4. The predicted molar refractivity (Wildman–Crippen MR) is 98.7 cm³/mol. The largest absolute Gasteiger partial charge is 0.417 e. The molecular weight excluding hydrogens is 417 g/mol. The van der Waals surface area contributed by atoms with Gasteiger partial charge in [-0.1, -0.05) is 17.8 Å². The molecule has 3 heterocycles. The number of alkyl halides is 3. The van der Waals surface area contributed by atoms with E-state index in [0.717, 1.165) is 17.8 Å². The second-order valence-electron chi connectivity index (χ2n) is 5.00. The average molecular weight is 426 g/mol. The Morgan fingerprint density at radius 2 is 2.15 bits per heavy atom. The van der Waals surface area contributed by atoms with Crippen molar-refractivity contribution in [3.8, 4) is 16.6 Å². The molecule has 0 saturated heterocycles. The summed E-state index contributed by atoms with van der Waals surface area (Å²) >= 11 is 3.24. The van der Waals surface area contributed by atoms with Crippen molar-refractivity contribution in [1.82, 2.24) is 9.97 Å². The normalized spacial score (nSPS) is 11.2. The number of nitrogens with zero attached hydrogens (tertiary/aromatic N) is 3. The number of hydrogen-bond donors (Lipinski definition) is 1. The molecule has 0 aromatic carbocycles. The van der Waals surface area contributed by atoms with Crippen LogP contribution in [0.3, 0.4) is 0 Å². The Morgan fingerprint density at radius 1 is 1.33 bits per heavy atom. The minimum atomic E-state index is -4.71. The number of anilines is 1. The van der Waals surface area contributed by atoms with E-state index >= 15 is 0 Å². The predicted octanol–water partition coefficient (Wildman–Crippen LogP) is 4.89. The first-order valence-corrected chi connectivity index (χ1v) is 10.0. The van der Waals surface area contributed by atoms with Crippen molar-refractivity contribution in [3.05, 3.63) is 46.3 Å². The number of nitriles is 1. The van der Waals surface area contributed by atoms with Crippen molar-refractivity contribution < 1.29 is 18.0 Å². The van der Waals surface area contributed by atoms with Crippen molar-refractivity contribution in [2.24, 2.45) is 0 Å². The molecule has 0 aliphatic heterocycles. The lowest BCUT2D eigenvalue weighted by molar-refractivity contribution is -0.138. The molecule has 138 valence electrons. The summed E-state index contributed by atoms with van der Waals surface area (Å²) in [5.74, 6) is -0.650. The number of carbonyl (C=O) groups is 1. The Balaban J connectivity index is 1.91. The highest BCUT2D eigenvalue weighted by atomic mass is 32.2. The molecule has 3 aromatic heterocycles. The SMILES string of the molecule is N#Cc1c(C(F)(F)F)cc(-c2cccs2)nc1SCC(=O)Nc1nccs1. The highest BCUT2D eigenvalue weighted by molar-refractivity contribution is 8.00. The molecule has 0 spiro atoms. The van der Waals surface area contributed by atoms with E-state index in [4.69, 9.17) is 0 Å². The highest BCUT2D eigenvalue weighted by Gasteiger charge is 2.36. The molecule has 11 heteroatoms. The fraction of sp³-hybridized carbons (Fsp3) is 0.125. The number of amides is 1. The fourth-order valence-electron chi connectivity index (χ4n) is 2.08. The van der Waals surface area contributed by atoms with E-state index in [9.17, 15) is 23.2 Å². The maximum atomic E-state index is 13.4. The van der Waals surface area contributed by atoms with Gasteiger partial charge in [-0.3, -0.25) is 4.79 Å². The molecule has 3 aromatic rings. The number of halogens is 3. The summed E-state index contributed by atoms with van der Waals surface area (Å²) in [4.78, 5) is 20.6. The Labute approximate surface area is 163 Å². The van der Waals surface area contributed by atoms with E-state index in [2.05, 4.69) is 15.3 Å². The first-order valence-electron chi connectivity index (χ1n) is 7.27. The number of thiophene rings is 1. The summed E-state index contributed by atoms with van der Waals surface area (Å²) in [5.41, 5.74) is -1.54. The van der Waals surface area contributed by atoms with Crippen molar-refractivity contribution in [2.45, 2.75) is 11.2 Å². The fourth-order valence-corrected chi connectivity index (χ4v) is 4.12. The zero-order chi connectivity index (χ0) is 19.4. The van der Waals surface area contributed by atoms with Crippen LogP contribution in [0.1, 0.15) is 11.1 Å². The molecule has 1 N–H and O–H groups in total. The van der Waals surface area contributed by atoms with Crippen LogP contribution in [0, 0.1) is 11.3 Å².